The van der Waals surface area contributed by atoms with E-state index < -0.39 is 0 Å². The number of benzene rings is 2. The molecule has 170 valence electrons. The zero-order valence-electron chi connectivity index (χ0n) is 18.4. The van der Waals surface area contributed by atoms with Crippen molar-refractivity contribution in [3.63, 3.8) is 0 Å². The molecule has 0 fully saturated rings. The van der Waals surface area contributed by atoms with Crippen molar-refractivity contribution in [3.8, 4) is 0 Å². The minimum Gasteiger partial charge on any atom is -0.462 e. The number of carbonyl (C=O) groups is 2. The van der Waals surface area contributed by atoms with E-state index in [0.29, 0.717) is 33.3 Å². The number of fused-ring (bicyclic) bond motifs is 2. The van der Waals surface area contributed by atoms with Crippen LogP contribution in [0.5, 0.6) is 0 Å². The van der Waals surface area contributed by atoms with Crippen molar-refractivity contribution >= 4 is 61.6 Å². The van der Waals surface area contributed by atoms with Gasteiger partial charge in [0, 0.05) is 16.8 Å². The number of nitrogens with one attached hydrogen (secondary N) is 2. The van der Waals surface area contributed by atoms with E-state index in [1.165, 1.54) is 22.3 Å². The number of aryl methyl sites for hydroxylation is 1. The highest BCUT2D eigenvalue weighted by molar-refractivity contribution is 7.20. The number of carbonyl (C=O) groups excluding carboxylic acids is 2. The zero-order chi connectivity index (χ0) is 23.7. The lowest BCUT2D eigenvalue weighted by Crippen LogP contribution is -2.20. The van der Waals surface area contributed by atoms with Gasteiger partial charge in [-0.15, -0.1) is 11.3 Å². The summed E-state index contributed by atoms with van der Waals surface area (Å²) in [5, 5.41) is 11.9. The van der Waals surface area contributed by atoms with Gasteiger partial charge < -0.3 is 15.4 Å². The van der Waals surface area contributed by atoms with E-state index in [1.807, 2.05) is 55.5 Å². The Labute approximate surface area is 198 Å². The van der Waals surface area contributed by atoms with Crippen LogP contribution in [0, 0.1) is 6.92 Å². The normalized spacial score (nSPS) is 11.0. The van der Waals surface area contributed by atoms with E-state index in [2.05, 4.69) is 25.7 Å². The summed E-state index contributed by atoms with van der Waals surface area (Å²) in [6, 6.07) is 14.4. The quantitative estimate of drug-likeness (QED) is 0.332. The number of amides is 1. The molecule has 0 radical (unpaired) electrons. The number of aromatic nitrogens is 4. The number of rotatable bonds is 5. The maximum absolute atomic E-state index is 12.7. The van der Waals surface area contributed by atoms with Gasteiger partial charge in [-0.05, 0) is 49.7 Å². The Kier molecular flexibility index (Phi) is 5.64. The second kappa shape index (κ2) is 8.91. The van der Waals surface area contributed by atoms with Crippen LogP contribution in [0.2, 0.25) is 0 Å². The fraction of sp³-hybridized carbons (Fsp3) is 0.125. The highest BCUT2D eigenvalue weighted by atomic mass is 32.1. The first-order chi connectivity index (χ1) is 16.5. The van der Waals surface area contributed by atoms with Crippen molar-refractivity contribution in [2.75, 3.05) is 17.2 Å². The number of para-hydroxylation sites is 1. The molecule has 2 aromatic carbocycles. The number of anilines is 3. The standard InChI is InChI=1S/C24H20N6O3S/c1-3-33-23(31)20-14(2)19-21(25-13-26-22(19)34-20)28-17-9-10-18-15(11-17)12-27-30(18)24(32)29-16-7-5-4-6-8-16/h4-13H,3H2,1-2H3,(H,29,32)(H,25,26,28). The molecular formula is C24H20N6O3S. The van der Waals surface area contributed by atoms with Crippen LogP contribution in [-0.4, -0.2) is 38.4 Å². The molecule has 9 nitrogen and oxygen atoms in total. The van der Waals surface area contributed by atoms with Crippen molar-refractivity contribution in [1.82, 2.24) is 19.7 Å². The van der Waals surface area contributed by atoms with E-state index in [9.17, 15) is 9.59 Å². The number of thiophene rings is 1. The number of hydrogen-bond acceptors (Lipinski definition) is 8. The average molecular weight is 473 g/mol. The summed E-state index contributed by atoms with van der Waals surface area (Å²) in [6.45, 7) is 3.94. The molecule has 5 aromatic rings. The van der Waals surface area contributed by atoms with E-state index in [4.69, 9.17) is 4.74 Å². The Bertz CT molecular complexity index is 1530. The van der Waals surface area contributed by atoms with E-state index >= 15 is 0 Å². The van der Waals surface area contributed by atoms with Crippen molar-refractivity contribution < 1.29 is 14.3 Å². The molecule has 0 bridgehead atoms. The Balaban J connectivity index is 1.44. The molecule has 3 aromatic heterocycles. The summed E-state index contributed by atoms with van der Waals surface area (Å²) in [5.74, 6) is 0.222. The van der Waals surface area contributed by atoms with Crippen LogP contribution in [-0.2, 0) is 4.74 Å². The molecule has 0 saturated heterocycles. The summed E-state index contributed by atoms with van der Waals surface area (Å²) >= 11 is 1.28. The maximum atomic E-state index is 12.7. The average Bonchev–Trinajstić information content (AvgIpc) is 3.41. The van der Waals surface area contributed by atoms with Crippen molar-refractivity contribution in [2.24, 2.45) is 0 Å². The molecule has 0 aliphatic heterocycles. The van der Waals surface area contributed by atoms with Crippen LogP contribution in [0.3, 0.4) is 0 Å². The topological polar surface area (TPSA) is 111 Å². The van der Waals surface area contributed by atoms with Gasteiger partial charge in [0.1, 0.15) is 21.9 Å². The molecule has 5 rings (SSSR count). The SMILES string of the molecule is CCOC(=O)c1sc2ncnc(Nc3ccc4c(cnn4C(=O)Nc4ccccc4)c3)c2c1C. The van der Waals surface area contributed by atoms with Gasteiger partial charge in [0.05, 0.1) is 23.7 Å². The molecular weight excluding hydrogens is 452 g/mol. The van der Waals surface area contributed by atoms with Crippen LogP contribution in [0.15, 0.2) is 61.1 Å². The number of esters is 1. The zero-order valence-corrected chi connectivity index (χ0v) is 19.2. The first-order valence-corrected chi connectivity index (χ1v) is 11.4. The Morgan fingerprint density at radius 1 is 1.09 bits per heavy atom. The Morgan fingerprint density at radius 3 is 2.71 bits per heavy atom. The van der Waals surface area contributed by atoms with Gasteiger partial charge in [-0.2, -0.15) is 9.78 Å². The molecule has 1 amide bonds. The molecule has 0 atom stereocenters. The first kappa shape index (κ1) is 21.5. The van der Waals surface area contributed by atoms with E-state index in [1.54, 1.807) is 13.1 Å². The summed E-state index contributed by atoms with van der Waals surface area (Å²) in [5.41, 5.74) is 2.89. The molecule has 0 aliphatic rings. The van der Waals surface area contributed by atoms with Crippen LogP contribution < -0.4 is 10.6 Å². The first-order valence-electron chi connectivity index (χ1n) is 10.6. The lowest BCUT2D eigenvalue weighted by atomic mass is 10.2. The summed E-state index contributed by atoms with van der Waals surface area (Å²) < 4.78 is 6.49. The van der Waals surface area contributed by atoms with Crippen molar-refractivity contribution in [2.45, 2.75) is 13.8 Å². The second-order valence-electron chi connectivity index (χ2n) is 7.43. The van der Waals surface area contributed by atoms with Gasteiger partial charge in [0.15, 0.2) is 0 Å². The lowest BCUT2D eigenvalue weighted by molar-refractivity contribution is 0.0531. The molecule has 3 heterocycles. The van der Waals surface area contributed by atoms with Crippen LogP contribution in [0.25, 0.3) is 21.1 Å². The van der Waals surface area contributed by atoms with Gasteiger partial charge in [0.25, 0.3) is 0 Å². The van der Waals surface area contributed by atoms with Gasteiger partial charge in [-0.3, -0.25) is 0 Å². The highest BCUT2D eigenvalue weighted by Gasteiger charge is 2.20. The summed E-state index contributed by atoms with van der Waals surface area (Å²) in [6.07, 6.45) is 3.09. The van der Waals surface area contributed by atoms with E-state index in [-0.39, 0.29) is 12.0 Å². The lowest BCUT2D eigenvalue weighted by Gasteiger charge is -2.09. The Morgan fingerprint density at radius 2 is 1.91 bits per heavy atom. The van der Waals surface area contributed by atoms with Gasteiger partial charge in [-0.25, -0.2) is 19.6 Å². The molecule has 0 saturated carbocycles. The number of nitrogens with zero attached hydrogens (tertiary/aromatic N) is 4. The fourth-order valence-corrected chi connectivity index (χ4v) is 4.71. The van der Waals surface area contributed by atoms with Crippen LogP contribution in [0.1, 0.15) is 22.2 Å². The third kappa shape index (κ3) is 3.95. The molecule has 0 spiro atoms. The van der Waals surface area contributed by atoms with Crippen LogP contribution in [0.4, 0.5) is 22.0 Å². The Hall–Kier alpha value is -4.31. The molecule has 2 N–H and O–H groups in total. The maximum Gasteiger partial charge on any atom is 0.348 e. The van der Waals surface area contributed by atoms with Gasteiger partial charge in [0.2, 0.25) is 0 Å². The third-order valence-corrected chi connectivity index (χ3v) is 6.42. The number of hydrogen-bond donors (Lipinski definition) is 2. The van der Waals surface area contributed by atoms with Crippen molar-refractivity contribution in [3.05, 3.63) is 71.5 Å². The van der Waals surface area contributed by atoms with E-state index in [0.717, 1.165) is 22.0 Å². The third-order valence-electron chi connectivity index (χ3n) is 5.24. The molecule has 0 aliphatic carbocycles. The van der Waals surface area contributed by atoms with Gasteiger partial charge in [-0.1, -0.05) is 18.2 Å². The summed E-state index contributed by atoms with van der Waals surface area (Å²) in [4.78, 5) is 34.9. The predicted molar refractivity (Wildman–Crippen MR) is 132 cm³/mol. The molecule has 0 unspecified atom stereocenters. The number of ether oxygens (including phenoxy) is 1. The predicted octanol–water partition coefficient (Wildman–Crippen LogP) is 5.35. The highest BCUT2D eigenvalue weighted by Crippen LogP contribution is 2.35. The minimum absolute atomic E-state index is 0.306. The summed E-state index contributed by atoms with van der Waals surface area (Å²) in [7, 11) is 0. The smallest absolute Gasteiger partial charge is 0.348 e. The monoisotopic (exact) mass is 472 g/mol. The fourth-order valence-electron chi connectivity index (χ4n) is 3.66. The second-order valence-corrected chi connectivity index (χ2v) is 8.43. The largest absolute Gasteiger partial charge is 0.462 e. The minimum atomic E-state index is -0.364. The van der Waals surface area contributed by atoms with Gasteiger partial charge >= 0.3 is 12.0 Å². The van der Waals surface area contributed by atoms with Crippen LogP contribution >= 0.6 is 11.3 Å². The molecule has 34 heavy (non-hydrogen) atoms. The molecule has 10 heteroatoms. The van der Waals surface area contributed by atoms with Crippen molar-refractivity contribution in [1.29, 1.82) is 0 Å².